The minimum absolute atomic E-state index is 0.000642. The molecule has 2 aliphatic rings. The van der Waals surface area contributed by atoms with Gasteiger partial charge in [0.1, 0.15) is 28.6 Å². The van der Waals surface area contributed by atoms with Gasteiger partial charge in [0.05, 0.1) is 11.6 Å². The van der Waals surface area contributed by atoms with E-state index >= 15 is 0 Å². The van der Waals surface area contributed by atoms with Crippen LogP contribution in [0.4, 0.5) is 0 Å². The van der Waals surface area contributed by atoms with Crippen LogP contribution >= 0.6 is 23.2 Å². The first kappa shape index (κ1) is 29.4. The fraction of sp³-hybridized carbons (Fsp3) is 0.433. The summed E-state index contributed by atoms with van der Waals surface area (Å²) in [5, 5.41) is 22.9. The van der Waals surface area contributed by atoms with Crippen LogP contribution in [0.1, 0.15) is 37.8 Å². The number of likely N-dealkylation sites (tertiary alicyclic amines) is 1. The summed E-state index contributed by atoms with van der Waals surface area (Å²) >= 11 is 13.8. The van der Waals surface area contributed by atoms with Gasteiger partial charge in [0.25, 0.3) is 0 Å². The molecule has 0 aromatic heterocycles. The number of nitrogens with one attached hydrogen (secondary N) is 1. The number of carbonyl (C=O) groups is 1. The van der Waals surface area contributed by atoms with Crippen LogP contribution in [-0.4, -0.2) is 70.4 Å². The van der Waals surface area contributed by atoms with Crippen molar-refractivity contribution < 1.29 is 24.5 Å². The molecule has 7 nitrogen and oxygen atoms in total. The van der Waals surface area contributed by atoms with Gasteiger partial charge in [-0.25, -0.2) is 0 Å². The van der Waals surface area contributed by atoms with Crippen LogP contribution in [0.25, 0.3) is 5.57 Å². The molecule has 0 spiro atoms. The van der Waals surface area contributed by atoms with E-state index < -0.39 is 10.5 Å². The highest BCUT2D eigenvalue weighted by Gasteiger charge is 2.51. The normalized spacial score (nSPS) is 24.9. The van der Waals surface area contributed by atoms with E-state index in [0.717, 1.165) is 43.6 Å². The van der Waals surface area contributed by atoms with Crippen molar-refractivity contribution in [1.82, 2.24) is 10.2 Å². The number of phenols is 1. The van der Waals surface area contributed by atoms with Gasteiger partial charge < -0.3 is 29.9 Å². The first-order chi connectivity index (χ1) is 18.6. The van der Waals surface area contributed by atoms with Crippen molar-refractivity contribution in [2.45, 2.75) is 49.8 Å². The van der Waals surface area contributed by atoms with Crippen molar-refractivity contribution >= 4 is 34.7 Å². The lowest BCUT2D eigenvalue weighted by molar-refractivity contribution is -0.119. The lowest BCUT2D eigenvalue weighted by atomic mass is 9.76. The molecule has 39 heavy (non-hydrogen) atoms. The van der Waals surface area contributed by atoms with Crippen molar-refractivity contribution in [3.63, 3.8) is 0 Å². The van der Waals surface area contributed by atoms with Crippen molar-refractivity contribution in [2.24, 2.45) is 0 Å². The van der Waals surface area contributed by atoms with Gasteiger partial charge in [0.2, 0.25) is 5.91 Å². The van der Waals surface area contributed by atoms with Gasteiger partial charge in [-0.2, -0.15) is 0 Å². The summed E-state index contributed by atoms with van der Waals surface area (Å²) in [4.78, 5) is 12.7. The predicted molar refractivity (Wildman–Crippen MR) is 154 cm³/mol. The largest absolute Gasteiger partial charge is 0.507 e. The van der Waals surface area contributed by atoms with E-state index in [1.54, 1.807) is 6.92 Å². The number of benzene rings is 2. The summed E-state index contributed by atoms with van der Waals surface area (Å²) in [6.45, 7) is 6.20. The van der Waals surface area contributed by atoms with Crippen LogP contribution in [0.3, 0.4) is 0 Å². The topological polar surface area (TPSA) is 91.3 Å². The number of carbonyl (C=O) groups excluding carboxylic acids is 1. The van der Waals surface area contributed by atoms with Crippen molar-refractivity contribution in [2.75, 3.05) is 32.8 Å². The number of rotatable bonds is 11. The molecule has 0 bridgehead atoms. The zero-order chi connectivity index (χ0) is 28.0. The fourth-order valence-corrected chi connectivity index (χ4v) is 5.81. The van der Waals surface area contributed by atoms with E-state index in [4.69, 9.17) is 32.7 Å². The second-order valence-corrected chi connectivity index (χ2v) is 11.4. The Morgan fingerprint density at radius 2 is 2.03 bits per heavy atom. The van der Waals surface area contributed by atoms with Crippen LogP contribution in [0.5, 0.6) is 11.5 Å². The van der Waals surface area contributed by atoms with Crippen LogP contribution < -0.4 is 10.1 Å². The molecule has 1 aliphatic carbocycles. The zero-order valence-corrected chi connectivity index (χ0v) is 23.8. The molecular formula is C30H36Cl2N2O5. The number of allylic oxidation sites excluding steroid dienone is 2. The molecule has 9 heteroatoms. The Kier molecular flexibility index (Phi) is 9.62. The Balaban J connectivity index is 1.50. The smallest absolute Gasteiger partial charge is 0.217 e. The predicted octanol–water partition coefficient (Wildman–Crippen LogP) is 4.92. The third-order valence-electron chi connectivity index (χ3n) is 7.42. The Morgan fingerprint density at radius 1 is 1.26 bits per heavy atom. The van der Waals surface area contributed by atoms with Gasteiger partial charge in [0, 0.05) is 50.8 Å². The number of halogens is 2. The zero-order valence-electron chi connectivity index (χ0n) is 22.3. The minimum Gasteiger partial charge on any atom is -0.507 e. The number of hydrogen-bond acceptors (Lipinski definition) is 6. The molecule has 3 N–H and O–H groups in total. The molecule has 0 radical (unpaired) electrons. The first-order valence-corrected chi connectivity index (χ1v) is 13.9. The lowest BCUT2D eigenvalue weighted by Crippen LogP contribution is -2.55. The van der Waals surface area contributed by atoms with Crippen molar-refractivity contribution in [3.05, 3.63) is 76.8 Å². The van der Waals surface area contributed by atoms with Crippen molar-refractivity contribution in [3.8, 4) is 11.5 Å². The number of alkyl halides is 1. The molecule has 3 atom stereocenters. The number of nitrogens with zero attached hydrogens (tertiary/aromatic N) is 1. The van der Waals surface area contributed by atoms with E-state index in [9.17, 15) is 15.0 Å². The molecule has 2 aromatic rings. The maximum Gasteiger partial charge on any atom is 0.217 e. The molecular weight excluding hydrogens is 539 g/mol. The molecule has 1 fully saturated rings. The highest BCUT2D eigenvalue weighted by molar-refractivity contribution is 6.32. The number of amides is 1. The summed E-state index contributed by atoms with van der Waals surface area (Å²) in [5.41, 5.74) is 1.15. The monoisotopic (exact) mass is 574 g/mol. The Labute approximate surface area is 240 Å². The fourth-order valence-electron chi connectivity index (χ4n) is 5.22. The quantitative estimate of drug-likeness (QED) is 0.260. The number of aromatic hydroxyl groups is 1. The number of ether oxygens (including phenoxy) is 2. The van der Waals surface area contributed by atoms with Gasteiger partial charge in [0.15, 0.2) is 0 Å². The van der Waals surface area contributed by atoms with E-state index in [0.29, 0.717) is 12.2 Å². The van der Waals surface area contributed by atoms with E-state index in [1.165, 1.54) is 12.1 Å². The average molecular weight is 576 g/mol. The molecule has 0 saturated carbocycles. The summed E-state index contributed by atoms with van der Waals surface area (Å²) < 4.78 is 12.7. The summed E-state index contributed by atoms with van der Waals surface area (Å²) in [6, 6.07) is 13.0. The maximum atomic E-state index is 11.4. The Bertz CT molecular complexity index is 1220. The summed E-state index contributed by atoms with van der Waals surface area (Å²) in [5.74, 6) is 0.166. The SMILES string of the molecule is CC(=O)NC1CCN(CCCOC2(COc3cc(O)c(CO)cc3Cl)C=CC=C(c3ccccc3)C2(C)Cl)C1. The average Bonchev–Trinajstić information content (AvgIpc) is 3.34. The standard InChI is InChI=1S/C30H36Cl2N2O5/c1-21(36)33-24-11-14-34(18-24)13-7-15-39-30(20-38-28-17-27(37)23(19-35)16-26(28)31)12-6-10-25(29(30,2)32)22-8-4-3-5-9-22/h3-6,8-10,12,16-17,24,35,37H,7,11,13-15,18-20H2,1-2H3,(H,33,36). The molecule has 1 amide bonds. The third-order valence-corrected chi connectivity index (χ3v) is 8.24. The van der Waals surface area contributed by atoms with E-state index in [1.807, 2.05) is 55.5 Å². The van der Waals surface area contributed by atoms with Gasteiger partial charge in [-0.05, 0) is 43.0 Å². The Hall–Kier alpha value is -2.55. The molecule has 1 heterocycles. The first-order valence-electron chi connectivity index (χ1n) is 13.2. The summed E-state index contributed by atoms with van der Waals surface area (Å²) in [7, 11) is 0. The van der Waals surface area contributed by atoms with Crippen LogP contribution in [-0.2, 0) is 16.1 Å². The number of aliphatic hydroxyl groups is 1. The van der Waals surface area contributed by atoms with Gasteiger partial charge in [-0.3, -0.25) is 4.79 Å². The number of hydrogen-bond donors (Lipinski definition) is 3. The van der Waals surface area contributed by atoms with Crippen LogP contribution in [0.2, 0.25) is 5.02 Å². The van der Waals surface area contributed by atoms with Gasteiger partial charge in [-0.15, -0.1) is 11.6 Å². The minimum atomic E-state index is -1.05. The van der Waals surface area contributed by atoms with E-state index in [-0.39, 0.29) is 41.7 Å². The molecule has 1 saturated heterocycles. The summed E-state index contributed by atoms with van der Waals surface area (Å²) in [6.07, 6.45) is 7.56. The molecule has 1 aliphatic heterocycles. The van der Waals surface area contributed by atoms with E-state index in [2.05, 4.69) is 10.2 Å². The van der Waals surface area contributed by atoms with Crippen LogP contribution in [0, 0.1) is 0 Å². The lowest BCUT2D eigenvalue weighted by Gasteiger charge is -2.45. The second kappa shape index (κ2) is 12.7. The Morgan fingerprint density at radius 3 is 2.74 bits per heavy atom. The molecule has 4 rings (SSSR count). The van der Waals surface area contributed by atoms with Crippen molar-refractivity contribution in [1.29, 1.82) is 0 Å². The van der Waals surface area contributed by atoms with Gasteiger partial charge >= 0.3 is 0 Å². The highest BCUT2D eigenvalue weighted by Crippen LogP contribution is 2.47. The molecule has 210 valence electrons. The number of aliphatic hydroxyl groups excluding tert-OH is 1. The molecule has 2 aromatic carbocycles. The molecule has 3 unspecified atom stereocenters. The van der Waals surface area contributed by atoms with Crippen LogP contribution in [0.15, 0.2) is 60.7 Å². The second-order valence-electron chi connectivity index (χ2n) is 10.2. The maximum absolute atomic E-state index is 11.4. The highest BCUT2D eigenvalue weighted by atomic mass is 35.5. The third kappa shape index (κ3) is 6.79. The van der Waals surface area contributed by atoms with Gasteiger partial charge in [-0.1, -0.05) is 54.1 Å².